The Labute approximate surface area is 162 Å². The van der Waals surface area contributed by atoms with E-state index in [0.29, 0.717) is 0 Å². The summed E-state index contributed by atoms with van der Waals surface area (Å²) in [4.78, 5) is 4.82. The molecule has 0 aliphatic carbocycles. The van der Waals surface area contributed by atoms with Gasteiger partial charge in [-0.15, -0.1) is 11.3 Å². The van der Waals surface area contributed by atoms with Crippen LogP contribution in [-0.4, -0.2) is 4.98 Å². The van der Waals surface area contributed by atoms with Gasteiger partial charge in [0.1, 0.15) is 12.1 Å². The van der Waals surface area contributed by atoms with Gasteiger partial charge in [-0.2, -0.15) is 0 Å². The quantitative estimate of drug-likeness (QED) is 0.324. The van der Waals surface area contributed by atoms with Crippen molar-refractivity contribution in [1.29, 1.82) is 0 Å². The van der Waals surface area contributed by atoms with Crippen LogP contribution in [0.3, 0.4) is 0 Å². The average Bonchev–Trinajstić information content (AvgIpc) is 3.06. The van der Waals surface area contributed by atoms with Crippen LogP contribution in [0, 0.1) is 6.92 Å². The van der Waals surface area contributed by atoms with Crippen molar-refractivity contribution >= 4 is 43.2 Å². The predicted octanol–water partition coefficient (Wildman–Crippen LogP) is 2.41. The summed E-state index contributed by atoms with van der Waals surface area (Å²) in [7, 11) is 2.11. The number of pyridine rings is 1. The minimum Gasteiger partial charge on any atom is -1.00 e. The van der Waals surface area contributed by atoms with E-state index in [1.165, 1.54) is 37.5 Å². The van der Waals surface area contributed by atoms with Crippen LogP contribution in [0.5, 0.6) is 0 Å². The molecule has 0 bridgehead atoms. The van der Waals surface area contributed by atoms with Crippen LogP contribution in [0.15, 0.2) is 66.9 Å². The van der Waals surface area contributed by atoms with Crippen LogP contribution in [0.4, 0.5) is 0 Å². The summed E-state index contributed by atoms with van der Waals surface area (Å²) in [5.74, 6) is 0. The Balaban J connectivity index is 0.00000168. The highest BCUT2D eigenvalue weighted by Gasteiger charge is 2.13. The third kappa shape index (κ3) is 2.64. The molecule has 0 saturated carbocycles. The van der Waals surface area contributed by atoms with Crippen molar-refractivity contribution in [3.05, 3.63) is 72.4 Å². The third-order valence-electron chi connectivity index (χ3n) is 4.75. The van der Waals surface area contributed by atoms with Crippen molar-refractivity contribution in [3.8, 4) is 10.6 Å². The van der Waals surface area contributed by atoms with Crippen molar-refractivity contribution in [1.82, 2.24) is 4.98 Å². The Bertz CT molecular complexity index is 1240. The zero-order chi connectivity index (χ0) is 17.0. The summed E-state index contributed by atoms with van der Waals surface area (Å²) in [6.07, 6.45) is 2.20. The Morgan fingerprint density at radius 1 is 0.923 bits per heavy atom. The first-order valence-corrected chi connectivity index (χ1v) is 9.19. The lowest BCUT2D eigenvalue weighted by Crippen LogP contribution is -3.00. The van der Waals surface area contributed by atoms with E-state index in [0.717, 1.165) is 10.5 Å². The number of thiazole rings is 1. The lowest BCUT2D eigenvalue weighted by Gasteiger charge is -2.05. The standard InChI is InChI=1S/C22H17N2S.ClH/c1-14-7-8-16-13-24(2)20-10-9-15(12-18(20)17(16)11-14)22-23-19-5-3-4-6-21(19)25-22;/h3-13H,1-2H3;1H/q+1;/p-1. The molecule has 0 aliphatic rings. The fourth-order valence-corrected chi connectivity index (χ4v) is 4.44. The number of rotatable bonds is 1. The minimum absolute atomic E-state index is 0. The number of aromatic nitrogens is 2. The highest BCUT2D eigenvalue weighted by molar-refractivity contribution is 7.21. The number of hydrogen-bond acceptors (Lipinski definition) is 2. The molecule has 0 N–H and O–H groups in total. The molecule has 0 spiro atoms. The van der Waals surface area contributed by atoms with Crippen molar-refractivity contribution < 1.29 is 17.0 Å². The van der Waals surface area contributed by atoms with Gasteiger partial charge in [0.25, 0.3) is 0 Å². The van der Waals surface area contributed by atoms with Gasteiger partial charge in [0.15, 0.2) is 6.20 Å². The first kappa shape index (κ1) is 17.0. The number of aryl methyl sites for hydroxylation is 2. The van der Waals surface area contributed by atoms with E-state index in [2.05, 4.69) is 79.3 Å². The first-order valence-electron chi connectivity index (χ1n) is 8.38. The number of halogens is 1. The summed E-state index contributed by atoms with van der Waals surface area (Å²) in [5.41, 5.74) is 4.78. The second kappa shape index (κ2) is 6.35. The smallest absolute Gasteiger partial charge is 0.212 e. The summed E-state index contributed by atoms with van der Waals surface area (Å²) in [5, 5.41) is 4.92. The molecule has 0 fully saturated rings. The van der Waals surface area contributed by atoms with Crippen molar-refractivity contribution in [3.63, 3.8) is 0 Å². The molecule has 2 heterocycles. The normalized spacial score (nSPS) is 11.2. The van der Waals surface area contributed by atoms with E-state index in [4.69, 9.17) is 4.98 Å². The minimum atomic E-state index is 0. The Morgan fingerprint density at radius 3 is 2.62 bits per heavy atom. The van der Waals surface area contributed by atoms with Crippen molar-refractivity contribution in [2.24, 2.45) is 7.05 Å². The molecule has 0 saturated heterocycles. The molecule has 0 amide bonds. The molecule has 2 aromatic heterocycles. The largest absolute Gasteiger partial charge is 1.00 e. The first-order chi connectivity index (χ1) is 12.2. The van der Waals surface area contributed by atoms with Crippen LogP contribution in [-0.2, 0) is 7.05 Å². The average molecular weight is 377 g/mol. The van der Waals surface area contributed by atoms with Gasteiger partial charge in [-0.25, -0.2) is 9.55 Å². The second-order valence-corrected chi connectivity index (χ2v) is 7.58. The van der Waals surface area contributed by atoms with E-state index in [-0.39, 0.29) is 12.4 Å². The van der Waals surface area contributed by atoms with Crippen molar-refractivity contribution in [2.75, 3.05) is 0 Å². The molecule has 4 heteroatoms. The van der Waals surface area contributed by atoms with E-state index in [1.54, 1.807) is 11.3 Å². The Kier molecular flexibility index (Phi) is 4.14. The van der Waals surface area contributed by atoms with Crippen LogP contribution >= 0.6 is 11.3 Å². The molecule has 0 atom stereocenters. The fourth-order valence-electron chi connectivity index (χ4n) is 3.48. The van der Waals surface area contributed by atoms with E-state index >= 15 is 0 Å². The number of fused-ring (bicyclic) bond motifs is 4. The van der Waals surface area contributed by atoms with E-state index in [1.807, 2.05) is 6.07 Å². The topological polar surface area (TPSA) is 16.8 Å². The lowest BCUT2D eigenvalue weighted by atomic mass is 10.0. The molecule has 128 valence electrons. The number of para-hydroxylation sites is 1. The van der Waals surface area contributed by atoms with Gasteiger partial charge >= 0.3 is 0 Å². The number of benzene rings is 3. The lowest BCUT2D eigenvalue weighted by molar-refractivity contribution is -0.643. The van der Waals surface area contributed by atoms with Gasteiger partial charge in [0.2, 0.25) is 5.52 Å². The van der Waals surface area contributed by atoms with E-state index in [9.17, 15) is 0 Å². The third-order valence-corrected chi connectivity index (χ3v) is 5.83. The van der Waals surface area contributed by atoms with Gasteiger partial charge in [-0.1, -0.05) is 29.8 Å². The number of hydrogen-bond donors (Lipinski definition) is 0. The van der Waals surface area contributed by atoms with Crippen LogP contribution in [0.25, 0.3) is 42.5 Å². The Hall–Kier alpha value is -2.49. The number of nitrogens with zero attached hydrogens (tertiary/aromatic N) is 2. The highest BCUT2D eigenvalue weighted by atomic mass is 35.5. The molecular formula is C22H17ClN2S. The van der Waals surface area contributed by atoms with E-state index < -0.39 is 0 Å². The summed E-state index contributed by atoms with van der Waals surface area (Å²) in [6.45, 7) is 2.15. The maximum Gasteiger partial charge on any atom is 0.212 e. The summed E-state index contributed by atoms with van der Waals surface area (Å²) in [6, 6.07) is 21.7. The van der Waals surface area contributed by atoms with Gasteiger partial charge in [-0.3, -0.25) is 0 Å². The molecular weight excluding hydrogens is 360 g/mol. The SMILES string of the molecule is Cc1ccc2c[n+](C)c3ccc(-c4nc5ccccc5s4)cc3c2c1.[Cl-]. The van der Waals surface area contributed by atoms with Crippen LogP contribution in [0.1, 0.15) is 5.56 Å². The van der Waals surface area contributed by atoms with Gasteiger partial charge < -0.3 is 12.4 Å². The molecule has 5 rings (SSSR count). The molecule has 0 unspecified atom stereocenters. The Morgan fingerprint density at radius 2 is 1.77 bits per heavy atom. The van der Waals surface area contributed by atoms with Gasteiger partial charge in [0, 0.05) is 22.4 Å². The monoisotopic (exact) mass is 376 g/mol. The molecule has 0 radical (unpaired) electrons. The summed E-state index contributed by atoms with van der Waals surface area (Å²) >= 11 is 1.75. The van der Waals surface area contributed by atoms with Crippen LogP contribution < -0.4 is 17.0 Å². The molecule has 2 nitrogen and oxygen atoms in total. The molecule has 26 heavy (non-hydrogen) atoms. The molecule has 0 aliphatic heterocycles. The molecule has 5 aromatic rings. The van der Waals surface area contributed by atoms with Crippen LogP contribution in [0.2, 0.25) is 0 Å². The zero-order valence-corrected chi connectivity index (χ0v) is 16.1. The summed E-state index contributed by atoms with van der Waals surface area (Å²) < 4.78 is 3.44. The van der Waals surface area contributed by atoms with Crippen molar-refractivity contribution in [2.45, 2.75) is 6.92 Å². The predicted molar refractivity (Wildman–Crippen MR) is 106 cm³/mol. The van der Waals surface area contributed by atoms with Gasteiger partial charge in [-0.05, 0) is 37.3 Å². The van der Waals surface area contributed by atoms with Gasteiger partial charge in [0.05, 0.1) is 15.6 Å². The zero-order valence-electron chi connectivity index (χ0n) is 14.5. The highest BCUT2D eigenvalue weighted by Crippen LogP contribution is 2.33. The molecule has 3 aromatic carbocycles. The maximum atomic E-state index is 4.82. The fraction of sp³-hybridized carbons (Fsp3) is 0.0909. The maximum absolute atomic E-state index is 4.82. The second-order valence-electron chi connectivity index (χ2n) is 6.55.